The summed E-state index contributed by atoms with van der Waals surface area (Å²) in [5.41, 5.74) is 1.24. The summed E-state index contributed by atoms with van der Waals surface area (Å²) in [6.45, 7) is 6.81. The predicted molar refractivity (Wildman–Crippen MR) is 83.9 cm³/mol. The third-order valence-corrected chi connectivity index (χ3v) is 4.09. The van der Waals surface area contributed by atoms with Crippen LogP contribution in [0.1, 0.15) is 37.9 Å². The van der Waals surface area contributed by atoms with Crippen molar-refractivity contribution in [2.75, 3.05) is 33.3 Å². The maximum Gasteiger partial charge on any atom is 0.0945 e. The Morgan fingerprint density at radius 1 is 1.15 bits per heavy atom. The number of nitrogens with one attached hydrogen (secondary N) is 1. The van der Waals surface area contributed by atoms with Crippen molar-refractivity contribution in [2.24, 2.45) is 0 Å². The van der Waals surface area contributed by atoms with Crippen molar-refractivity contribution in [2.45, 2.75) is 38.3 Å². The van der Waals surface area contributed by atoms with Crippen LogP contribution in [0.2, 0.25) is 0 Å². The Morgan fingerprint density at radius 2 is 1.85 bits per heavy atom. The zero-order chi connectivity index (χ0) is 14.2. The minimum atomic E-state index is 0.139. The monoisotopic (exact) mass is 276 g/mol. The maximum atomic E-state index is 5.60. The van der Waals surface area contributed by atoms with Gasteiger partial charge >= 0.3 is 0 Å². The minimum absolute atomic E-state index is 0.139. The topological polar surface area (TPSA) is 24.5 Å². The summed E-state index contributed by atoms with van der Waals surface area (Å²) in [6.07, 6.45) is 4.26. The van der Waals surface area contributed by atoms with E-state index in [4.69, 9.17) is 4.74 Å². The molecule has 1 heterocycles. The molecule has 2 rings (SSSR count). The Bertz CT molecular complexity index is 363. The van der Waals surface area contributed by atoms with E-state index >= 15 is 0 Å². The molecule has 3 heteroatoms. The van der Waals surface area contributed by atoms with Gasteiger partial charge in [0.15, 0.2) is 0 Å². The van der Waals surface area contributed by atoms with Crippen molar-refractivity contribution in [1.29, 1.82) is 0 Å². The summed E-state index contributed by atoms with van der Waals surface area (Å²) in [5.74, 6) is 0. The van der Waals surface area contributed by atoms with Crippen molar-refractivity contribution in [1.82, 2.24) is 10.2 Å². The Morgan fingerprint density at radius 3 is 2.50 bits per heavy atom. The highest BCUT2D eigenvalue weighted by atomic mass is 16.5. The first kappa shape index (κ1) is 15.5. The Kier molecular flexibility index (Phi) is 6.51. The number of piperidine rings is 1. The highest BCUT2D eigenvalue weighted by molar-refractivity contribution is 5.17. The first-order valence-corrected chi connectivity index (χ1v) is 7.83. The van der Waals surface area contributed by atoms with E-state index in [-0.39, 0.29) is 6.10 Å². The molecule has 2 atom stereocenters. The summed E-state index contributed by atoms with van der Waals surface area (Å²) in [4.78, 5) is 2.57. The van der Waals surface area contributed by atoms with Gasteiger partial charge in [0.05, 0.1) is 6.10 Å². The van der Waals surface area contributed by atoms with E-state index in [9.17, 15) is 0 Å². The molecule has 20 heavy (non-hydrogen) atoms. The fourth-order valence-electron chi connectivity index (χ4n) is 2.91. The average molecular weight is 276 g/mol. The molecule has 112 valence electrons. The van der Waals surface area contributed by atoms with Crippen LogP contribution in [0.15, 0.2) is 30.3 Å². The second kappa shape index (κ2) is 8.40. The molecule has 1 aliphatic rings. The zero-order valence-electron chi connectivity index (χ0n) is 12.8. The predicted octanol–water partition coefficient (Wildman–Crippen LogP) is 2.84. The van der Waals surface area contributed by atoms with Gasteiger partial charge in [-0.2, -0.15) is 0 Å². The van der Waals surface area contributed by atoms with Gasteiger partial charge in [-0.1, -0.05) is 36.8 Å². The van der Waals surface area contributed by atoms with Crippen LogP contribution < -0.4 is 5.32 Å². The number of nitrogens with zero attached hydrogens (tertiary/aromatic N) is 1. The number of hydrogen-bond acceptors (Lipinski definition) is 3. The normalized spacial score (nSPS) is 19.7. The molecule has 0 aliphatic carbocycles. The average Bonchev–Trinajstić information content (AvgIpc) is 2.50. The van der Waals surface area contributed by atoms with E-state index < -0.39 is 0 Å². The van der Waals surface area contributed by atoms with E-state index in [1.165, 1.54) is 37.9 Å². The lowest BCUT2D eigenvalue weighted by Gasteiger charge is -2.30. The number of benzene rings is 1. The van der Waals surface area contributed by atoms with E-state index in [0.29, 0.717) is 6.04 Å². The van der Waals surface area contributed by atoms with Crippen LogP contribution in [0.4, 0.5) is 0 Å². The molecule has 0 aromatic heterocycles. The fraction of sp³-hybridized carbons (Fsp3) is 0.647. The molecule has 2 unspecified atom stereocenters. The van der Waals surface area contributed by atoms with Crippen LogP contribution in [-0.2, 0) is 4.74 Å². The summed E-state index contributed by atoms with van der Waals surface area (Å²) >= 11 is 0. The summed E-state index contributed by atoms with van der Waals surface area (Å²) < 4.78 is 5.60. The van der Waals surface area contributed by atoms with Gasteiger partial charge in [0, 0.05) is 26.2 Å². The van der Waals surface area contributed by atoms with Crippen LogP contribution in [0, 0.1) is 0 Å². The number of methoxy groups -OCH3 is 1. The van der Waals surface area contributed by atoms with Crippen molar-refractivity contribution in [3.63, 3.8) is 0 Å². The lowest BCUT2D eigenvalue weighted by molar-refractivity contribution is 0.0971. The van der Waals surface area contributed by atoms with E-state index in [2.05, 4.69) is 41.4 Å². The second-order valence-corrected chi connectivity index (χ2v) is 5.81. The molecule has 0 spiro atoms. The first-order chi connectivity index (χ1) is 9.79. The Balaban J connectivity index is 1.75. The van der Waals surface area contributed by atoms with Crippen LogP contribution >= 0.6 is 0 Å². The van der Waals surface area contributed by atoms with Crippen LogP contribution in [0.5, 0.6) is 0 Å². The van der Waals surface area contributed by atoms with Gasteiger partial charge in [-0.05, 0) is 38.4 Å². The zero-order valence-corrected chi connectivity index (χ0v) is 12.8. The number of rotatable bonds is 7. The minimum Gasteiger partial charge on any atom is -0.375 e. The van der Waals surface area contributed by atoms with Gasteiger partial charge in [0.25, 0.3) is 0 Å². The molecular formula is C17H28N2O. The summed E-state index contributed by atoms with van der Waals surface area (Å²) in [7, 11) is 1.79. The summed E-state index contributed by atoms with van der Waals surface area (Å²) in [6, 6.07) is 10.9. The molecule has 1 aromatic carbocycles. The molecule has 3 nitrogen and oxygen atoms in total. The van der Waals surface area contributed by atoms with Gasteiger partial charge in [-0.15, -0.1) is 0 Å². The number of ether oxygens (including phenoxy) is 1. The van der Waals surface area contributed by atoms with Crippen LogP contribution in [-0.4, -0.2) is 44.2 Å². The largest absolute Gasteiger partial charge is 0.375 e. The standard InChI is InChI=1S/C17H28N2O/c1-15(14-19-11-7-4-8-12-19)18-13-17(20-2)16-9-5-3-6-10-16/h3,5-6,9-10,15,17-18H,4,7-8,11-14H2,1-2H3. The molecule has 0 radical (unpaired) electrons. The molecule has 0 bridgehead atoms. The van der Waals surface area contributed by atoms with Gasteiger partial charge in [-0.25, -0.2) is 0 Å². The van der Waals surface area contributed by atoms with Crippen molar-refractivity contribution < 1.29 is 4.74 Å². The van der Waals surface area contributed by atoms with Gasteiger partial charge in [-0.3, -0.25) is 0 Å². The van der Waals surface area contributed by atoms with E-state index in [0.717, 1.165) is 13.1 Å². The molecular weight excluding hydrogens is 248 g/mol. The SMILES string of the molecule is COC(CNC(C)CN1CCCCC1)c1ccccc1. The Hall–Kier alpha value is -0.900. The highest BCUT2D eigenvalue weighted by Crippen LogP contribution is 2.15. The van der Waals surface area contributed by atoms with Crippen molar-refractivity contribution in [3.05, 3.63) is 35.9 Å². The van der Waals surface area contributed by atoms with E-state index in [1.807, 2.05) is 6.07 Å². The van der Waals surface area contributed by atoms with Crippen molar-refractivity contribution in [3.8, 4) is 0 Å². The Labute approximate surface area is 123 Å². The van der Waals surface area contributed by atoms with Crippen molar-refractivity contribution >= 4 is 0 Å². The van der Waals surface area contributed by atoms with Crippen LogP contribution in [0.25, 0.3) is 0 Å². The number of hydrogen-bond donors (Lipinski definition) is 1. The third kappa shape index (κ3) is 4.89. The molecule has 1 N–H and O–H groups in total. The van der Waals surface area contributed by atoms with Gasteiger partial charge in [0.2, 0.25) is 0 Å². The van der Waals surface area contributed by atoms with Crippen LogP contribution in [0.3, 0.4) is 0 Å². The molecule has 1 saturated heterocycles. The molecule has 1 aromatic rings. The molecule has 1 fully saturated rings. The van der Waals surface area contributed by atoms with E-state index in [1.54, 1.807) is 7.11 Å². The highest BCUT2D eigenvalue weighted by Gasteiger charge is 2.15. The second-order valence-electron chi connectivity index (χ2n) is 5.81. The number of likely N-dealkylation sites (tertiary alicyclic amines) is 1. The molecule has 0 saturated carbocycles. The maximum absolute atomic E-state index is 5.60. The lowest BCUT2D eigenvalue weighted by atomic mass is 10.1. The van der Waals surface area contributed by atoms with Gasteiger partial charge < -0.3 is 15.0 Å². The lowest BCUT2D eigenvalue weighted by Crippen LogP contribution is -2.42. The molecule has 1 aliphatic heterocycles. The third-order valence-electron chi connectivity index (χ3n) is 4.09. The summed E-state index contributed by atoms with van der Waals surface area (Å²) in [5, 5.41) is 3.61. The molecule has 0 amide bonds. The fourth-order valence-corrected chi connectivity index (χ4v) is 2.91. The van der Waals surface area contributed by atoms with Gasteiger partial charge in [0.1, 0.15) is 0 Å². The quantitative estimate of drug-likeness (QED) is 0.829. The smallest absolute Gasteiger partial charge is 0.0945 e. The first-order valence-electron chi connectivity index (χ1n) is 7.83.